The summed E-state index contributed by atoms with van der Waals surface area (Å²) in [7, 11) is 3.48. The average Bonchev–Trinajstić information content (AvgIpc) is 2.99. The van der Waals surface area contributed by atoms with Gasteiger partial charge in [0, 0.05) is 20.6 Å². The quantitative estimate of drug-likeness (QED) is 0.473. The first-order chi connectivity index (χ1) is 14.5. The number of benzene rings is 2. The zero-order valence-electron chi connectivity index (χ0n) is 18.2. The predicted octanol–water partition coefficient (Wildman–Crippen LogP) is 3.66. The van der Waals surface area contributed by atoms with Crippen LogP contribution in [-0.4, -0.2) is 27.4 Å². The van der Waals surface area contributed by atoms with Gasteiger partial charge in [0.05, 0.1) is 11.0 Å². The van der Waals surface area contributed by atoms with Gasteiger partial charge in [0.15, 0.2) is 0 Å². The number of fused-ring (bicyclic) bond motifs is 1. The highest BCUT2D eigenvalue weighted by molar-refractivity contribution is 5.76. The molecule has 0 amide bonds. The number of aliphatic hydroxyl groups is 1. The number of hydrogen-bond donors (Lipinski definition) is 2. The number of hydrogen-bond acceptors (Lipinski definition) is 4. The third-order valence-corrected chi connectivity index (χ3v) is 5.55. The lowest BCUT2D eigenvalue weighted by Crippen LogP contribution is -2.19. The second kappa shape index (κ2) is 10.5. The van der Waals surface area contributed by atoms with Crippen LogP contribution in [0.3, 0.4) is 0 Å². The topological polar surface area (TPSA) is 68.4 Å². The molecule has 0 unspecified atom stereocenters. The number of nitrogens with one attached hydrogen (secondary N) is 1. The van der Waals surface area contributed by atoms with Gasteiger partial charge in [-0.25, -0.2) is 4.79 Å². The van der Waals surface area contributed by atoms with Crippen molar-refractivity contribution in [2.24, 2.45) is 14.1 Å². The third-order valence-electron chi connectivity index (χ3n) is 5.55. The van der Waals surface area contributed by atoms with Crippen molar-refractivity contribution >= 4 is 11.0 Å². The predicted molar refractivity (Wildman–Crippen MR) is 121 cm³/mol. The summed E-state index contributed by atoms with van der Waals surface area (Å²) in [6.45, 7) is 4.27. The molecule has 0 saturated heterocycles. The minimum atomic E-state index is -0.769. The van der Waals surface area contributed by atoms with Gasteiger partial charge in [-0.15, -0.1) is 0 Å². The van der Waals surface area contributed by atoms with Crippen molar-refractivity contribution in [2.45, 2.75) is 45.3 Å². The Kier molecular flexibility index (Phi) is 7.71. The molecule has 6 heteroatoms. The van der Waals surface area contributed by atoms with Crippen molar-refractivity contribution in [2.75, 3.05) is 13.2 Å². The Morgan fingerprint density at radius 3 is 2.47 bits per heavy atom. The normalized spacial score (nSPS) is 12.4. The lowest BCUT2D eigenvalue weighted by atomic mass is 10.1. The third kappa shape index (κ3) is 5.32. The zero-order valence-corrected chi connectivity index (χ0v) is 18.2. The summed E-state index contributed by atoms with van der Waals surface area (Å²) in [4.78, 5) is 12.1. The fraction of sp³-hybridized carbons (Fsp3) is 0.458. The summed E-state index contributed by atoms with van der Waals surface area (Å²) in [5, 5.41) is 14.0. The van der Waals surface area contributed by atoms with Crippen LogP contribution in [0, 0.1) is 0 Å². The molecule has 1 aromatic heterocycles. The lowest BCUT2D eigenvalue weighted by molar-refractivity contribution is 0.108. The van der Waals surface area contributed by atoms with Crippen molar-refractivity contribution in [1.29, 1.82) is 0 Å². The summed E-state index contributed by atoms with van der Waals surface area (Å²) in [6, 6.07) is 13.5. The van der Waals surface area contributed by atoms with E-state index in [1.807, 2.05) is 42.5 Å². The van der Waals surface area contributed by atoms with Crippen LogP contribution in [0.5, 0.6) is 5.75 Å². The second-order valence-electron chi connectivity index (χ2n) is 7.86. The van der Waals surface area contributed by atoms with E-state index in [0.29, 0.717) is 0 Å². The van der Waals surface area contributed by atoms with Crippen molar-refractivity contribution in [3.63, 3.8) is 0 Å². The highest BCUT2D eigenvalue weighted by Crippen LogP contribution is 2.21. The van der Waals surface area contributed by atoms with E-state index in [1.54, 1.807) is 23.2 Å². The molecule has 3 aromatic rings. The molecule has 1 atom stereocenters. The highest BCUT2D eigenvalue weighted by Gasteiger charge is 2.13. The molecule has 0 spiro atoms. The Morgan fingerprint density at radius 2 is 1.73 bits per heavy atom. The monoisotopic (exact) mass is 411 g/mol. The number of nitrogens with zero attached hydrogens (tertiary/aromatic N) is 2. The summed E-state index contributed by atoms with van der Waals surface area (Å²) >= 11 is 0. The number of ether oxygens (including phenoxy) is 1. The Balaban J connectivity index is 1.51. The second-order valence-corrected chi connectivity index (χ2v) is 7.86. The smallest absolute Gasteiger partial charge is 0.328 e. The number of aromatic nitrogens is 2. The molecular weight excluding hydrogens is 378 g/mol. The molecule has 6 nitrogen and oxygen atoms in total. The Bertz CT molecular complexity index is 1000. The lowest BCUT2D eigenvalue weighted by Gasteiger charge is -2.13. The fourth-order valence-electron chi connectivity index (χ4n) is 3.62. The maximum atomic E-state index is 12.1. The van der Waals surface area contributed by atoms with E-state index < -0.39 is 6.10 Å². The number of imidazole rings is 1. The van der Waals surface area contributed by atoms with Crippen LogP contribution in [0.15, 0.2) is 47.3 Å². The Labute approximate surface area is 178 Å². The van der Waals surface area contributed by atoms with Crippen LogP contribution in [0.4, 0.5) is 0 Å². The van der Waals surface area contributed by atoms with Crippen LogP contribution in [0.2, 0.25) is 0 Å². The van der Waals surface area contributed by atoms with Crippen molar-refractivity contribution in [3.05, 3.63) is 64.1 Å². The standard InChI is InChI=1S/C24H33N3O3/c1-4-5-6-7-14-25-16-18-8-11-20(12-9-18)30-17-23(28)19-10-13-21-22(15-19)27(3)24(29)26(21)2/h8-13,15,23,25,28H,4-7,14,16-17H2,1-3H3/t23-/m1/s1. The number of aryl methyl sites for hydroxylation is 2. The van der Waals surface area contributed by atoms with Crippen LogP contribution >= 0.6 is 0 Å². The first-order valence-corrected chi connectivity index (χ1v) is 10.8. The van der Waals surface area contributed by atoms with Crippen molar-refractivity contribution in [3.8, 4) is 5.75 Å². The molecule has 0 aliphatic heterocycles. The molecular formula is C24H33N3O3. The number of unbranched alkanes of at least 4 members (excludes halogenated alkanes) is 3. The largest absolute Gasteiger partial charge is 0.491 e. The number of aliphatic hydroxyl groups excluding tert-OH is 1. The fourth-order valence-corrected chi connectivity index (χ4v) is 3.62. The average molecular weight is 412 g/mol. The van der Waals surface area contributed by atoms with Gasteiger partial charge in [0.2, 0.25) is 0 Å². The van der Waals surface area contributed by atoms with E-state index >= 15 is 0 Å². The van der Waals surface area contributed by atoms with E-state index in [2.05, 4.69) is 12.2 Å². The Hall–Kier alpha value is -2.57. The SMILES string of the molecule is CCCCCCNCc1ccc(OC[C@@H](O)c2ccc3c(c2)n(C)c(=O)n3C)cc1. The first kappa shape index (κ1) is 22.1. The summed E-state index contributed by atoms with van der Waals surface area (Å²) in [5.41, 5.74) is 3.50. The minimum absolute atomic E-state index is 0.0802. The summed E-state index contributed by atoms with van der Waals surface area (Å²) < 4.78 is 8.96. The van der Waals surface area contributed by atoms with E-state index in [-0.39, 0.29) is 12.3 Å². The van der Waals surface area contributed by atoms with E-state index in [1.165, 1.54) is 31.2 Å². The molecule has 0 saturated carbocycles. The minimum Gasteiger partial charge on any atom is -0.491 e. The van der Waals surface area contributed by atoms with Gasteiger partial charge >= 0.3 is 5.69 Å². The van der Waals surface area contributed by atoms with E-state index in [0.717, 1.165) is 35.4 Å². The maximum Gasteiger partial charge on any atom is 0.328 e. The Morgan fingerprint density at radius 1 is 1.00 bits per heavy atom. The van der Waals surface area contributed by atoms with Crippen LogP contribution in [0.1, 0.15) is 49.8 Å². The molecule has 0 aliphatic carbocycles. The molecule has 3 rings (SSSR count). The molecule has 0 aliphatic rings. The van der Waals surface area contributed by atoms with Gasteiger partial charge in [0.1, 0.15) is 18.5 Å². The van der Waals surface area contributed by atoms with Gasteiger partial charge in [0.25, 0.3) is 0 Å². The maximum absolute atomic E-state index is 12.1. The molecule has 162 valence electrons. The molecule has 0 fully saturated rings. The zero-order chi connectivity index (χ0) is 21.5. The van der Waals surface area contributed by atoms with E-state index in [9.17, 15) is 9.90 Å². The first-order valence-electron chi connectivity index (χ1n) is 10.8. The van der Waals surface area contributed by atoms with Crippen LogP contribution in [-0.2, 0) is 20.6 Å². The van der Waals surface area contributed by atoms with Crippen molar-refractivity contribution < 1.29 is 9.84 Å². The van der Waals surface area contributed by atoms with Crippen LogP contribution < -0.4 is 15.7 Å². The van der Waals surface area contributed by atoms with Crippen molar-refractivity contribution in [1.82, 2.24) is 14.5 Å². The molecule has 0 radical (unpaired) electrons. The molecule has 2 aromatic carbocycles. The highest BCUT2D eigenvalue weighted by atomic mass is 16.5. The molecule has 0 bridgehead atoms. The molecule has 1 heterocycles. The van der Waals surface area contributed by atoms with Gasteiger partial charge in [-0.3, -0.25) is 9.13 Å². The molecule has 2 N–H and O–H groups in total. The van der Waals surface area contributed by atoms with Crippen LogP contribution in [0.25, 0.3) is 11.0 Å². The summed E-state index contributed by atoms with van der Waals surface area (Å²) in [5.74, 6) is 0.730. The number of rotatable bonds is 11. The molecule has 30 heavy (non-hydrogen) atoms. The van der Waals surface area contributed by atoms with Gasteiger partial charge < -0.3 is 15.2 Å². The van der Waals surface area contributed by atoms with Gasteiger partial charge in [-0.1, -0.05) is 44.4 Å². The summed E-state index contributed by atoms with van der Waals surface area (Å²) in [6.07, 6.45) is 4.30. The van der Waals surface area contributed by atoms with Gasteiger partial charge in [-0.2, -0.15) is 0 Å². The van der Waals surface area contributed by atoms with Gasteiger partial charge in [-0.05, 0) is 48.4 Å². The van der Waals surface area contributed by atoms with E-state index in [4.69, 9.17) is 4.74 Å².